The Labute approximate surface area is 104 Å². The normalized spacial score (nSPS) is 35.4. The molecule has 2 rings (SSSR count). The van der Waals surface area contributed by atoms with Gasteiger partial charge >= 0.3 is 0 Å². The van der Waals surface area contributed by atoms with Crippen molar-refractivity contribution in [1.29, 1.82) is 0 Å². The maximum absolute atomic E-state index is 5.78. The van der Waals surface area contributed by atoms with E-state index in [1.165, 1.54) is 50.8 Å². The third-order valence-corrected chi connectivity index (χ3v) is 5.03. The van der Waals surface area contributed by atoms with E-state index in [1.807, 2.05) is 0 Å². The van der Waals surface area contributed by atoms with Gasteiger partial charge in [-0.3, -0.25) is 0 Å². The second-order valence-electron chi connectivity index (χ2n) is 5.05. The molecule has 0 spiro atoms. The van der Waals surface area contributed by atoms with Crippen molar-refractivity contribution >= 4 is 11.8 Å². The number of nitrogens with one attached hydrogen (secondary N) is 1. The minimum absolute atomic E-state index is 0.521. The van der Waals surface area contributed by atoms with Gasteiger partial charge in [0.2, 0.25) is 0 Å². The van der Waals surface area contributed by atoms with Crippen LogP contribution in [0.1, 0.15) is 45.4 Å². The van der Waals surface area contributed by atoms with E-state index in [0.29, 0.717) is 12.1 Å². The Hall–Kier alpha value is 0.270. The first kappa shape index (κ1) is 12.7. The van der Waals surface area contributed by atoms with Crippen LogP contribution in [0.2, 0.25) is 0 Å². The molecule has 2 heterocycles. The van der Waals surface area contributed by atoms with Gasteiger partial charge in [-0.1, -0.05) is 13.3 Å². The fourth-order valence-corrected chi connectivity index (χ4v) is 3.91. The van der Waals surface area contributed by atoms with Crippen LogP contribution in [0.25, 0.3) is 0 Å². The van der Waals surface area contributed by atoms with Gasteiger partial charge in [-0.05, 0) is 37.9 Å². The number of hydrogen-bond acceptors (Lipinski definition) is 3. The molecule has 0 saturated carbocycles. The lowest BCUT2D eigenvalue weighted by Crippen LogP contribution is -2.41. The van der Waals surface area contributed by atoms with Crippen molar-refractivity contribution in [3.63, 3.8) is 0 Å². The second kappa shape index (κ2) is 6.87. The lowest BCUT2D eigenvalue weighted by Gasteiger charge is -2.30. The van der Waals surface area contributed by atoms with Crippen LogP contribution < -0.4 is 5.32 Å². The fourth-order valence-electron chi connectivity index (χ4n) is 2.69. The Kier molecular flexibility index (Phi) is 5.46. The van der Waals surface area contributed by atoms with Gasteiger partial charge < -0.3 is 10.1 Å². The monoisotopic (exact) mass is 243 g/mol. The molecule has 2 aliphatic rings. The van der Waals surface area contributed by atoms with Crippen molar-refractivity contribution in [1.82, 2.24) is 5.32 Å². The summed E-state index contributed by atoms with van der Waals surface area (Å²) < 4.78 is 5.78. The minimum atomic E-state index is 0.521. The lowest BCUT2D eigenvalue weighted by atomic mass is 10.00. The zero-order chi connectivity index (χ0) is 11.2. The average molecular weight is 243 g/mol. The van der Waals surface area contributed by atoms with Gasteiger partial charge in [0.15, 0.2) is 0 Å². The van der Waals surface area contributed by atoms with Crippen molar-refractivity contribution in [2.24, 2.45) is 0 Å². The molecule has 0 amide bonds. The number of ether oxygens (including phenoxy) is 1. The standard InChI is InChI=1S/C13H25NOS/c1-2-4-12-9-11(6-7-15-12)14-10-13-5-3-8-16-13/h11-14H,2-10H2,1H3. The van der Waals surface area contributed by atoms with Gasteiger partial charge in [-0.15, -0.1) is 0 Å². The number of hydrogen-bond donors (Lipinski definition) is 1. The minimum Gasteiger partial charge on any atom is -0.378 e. The molecule has 94 valence electrons. The Morgan fingerprint density at radius 3 is 3.06 bits per heavy atom. The zero-order valence-electron chi connectivity index (χ0n) is 10.4. The summed E-state index contributed by atoms with van der Waals surface area (Å²) in [4.78, 5) is 0. The summed E-state index contributed by atoms with van der Waals surface area (Å²) in [5, 5.41) is 4.63. The Bertz CT molecular complexity index is 192. The zero-order valence-corrected chi connectivity index (χ0v) is 11.2. The summed E-state index contributed by atoms with van der Waals surface area (Å²) in [7, 11) is 0. The van der Waals surface area contributed by atoms with Gasteiger partial charge in [-0.2, -0.15) is 11.8 Å². The molecule has 0 radical (unpaired) electrons. The highest BCUT2D eigenvalue weighted by Crippen LogP contribution is 2.26. The highest BCUT2D eigenvalue weighted by atomic mass is 32.2. The molecular formula is C13H25NOS. The number of thioether (sulfide) groups is 1. The van der Waals surface area contributed by atoms with E-state index in [9.17, 15) is 0 Å². The highest BCUT2D eigenvalue weighted by Gasteiger charge is 2.23. The smallest absolute Gasteiger partial charge is 0.0589 e. The van der Waals surface area contributed by atoms with Crippen LogP contribution in [-0.2, 0) is 4.74 Å². The Morgan fingerprint density at radius 2 is 2.31 bits per heavy atom. The average Bonchev–Trinajstić information content (AvgIpc) is 2.80. The summed E-state index contributed by atoms with van der Waals surface area (Å²) in [6, 6.07) is 0.714. The number of rotatable bonds is 5. The quantitative estimate of drug-likeness (QED) is 0.802. The van der Waals surface area contributed by atoms with E-state index in [4.69, 9.17) is 4.74 Å². The summed E-state index contributed by atoms with van der Waals surface area (Å²) in [5.74, 6) is 1.37. The van der Waals surface area contributed by atoms with Crippen LogP contribution >= 0.6 is 11.8 Å². The van der Waals surface area contributed by atoms with Crippen LogP contribution in [0.5, 0.6) is 0 Å². The summed E-state index contributed by atoms with van der Waals surface area (Å²) in [6.07, 6.45) is 8.27. The topological polar surface area (TPSA) is 21.3 Å². The van der Waals surface area contributed by atoms with Crippen LogP contribution in [0.4, 0.5) is 0 Å². The van der Waals surface area contributed by atoms with Gasteiger partial charge in [0, 0.05) is 24.4 Å². The summed E-state index contributed by atoms with van der Waals surface area (Å²) >= 11 is 2.15. The molecule has 0 aliphatic carbocycles. The van der Waals surface area contributed by atoms with Crippen molar-refractivity contribution in [3.8, 4) is 0 Å². The molecule has 2 saturated heterocycles. The maximum atomic E-state index is 5.78. The van der Waals surface area contributed by atoms with E-state index < -0.39 is 0 Å². The summed E-state index contributed by atoms with van der Waals surface area (Å²) in [6.45, 7) is 4.42. The van der Waals surface area contributed by atoms with Gasteiger partial charge in [-0.25, -0.2) is 0 Å². The maximum Gasteiger partial charge on any atom is 0.0589 e. The molecular weight excluding hydrogens is 218 g/mol. The van der Waals surface area contributed by atoms with Gasteiger partial charge in [0.25, 0.3) is 0 Å². The van der Waals surface area contributed by atoms with Crippen molar-refractivity contribution in [2.45, 2.75) is 62.8 Å². The predicted molar refractivity (Wildman–Crippen MR) is 71.2 cm³/mol. The molecule has 0 aromatic rings. The molecule has 0 aromatic heterocycles. The third-order valence-electron chi connectivity index (χ3n) is 3.64. The molecule has 3 heteroatoms. The van der Waals surface area contributed by atoms with Gasteiger partial charge in [0.1, 0.15) is 0 Å². The van der Waals surface area contributed by atoms with Crippen LogP contribution in [0.15, 0.2) is 0 Å². The van der Waals surface area contributed by atoms with Gasteiger partial charge in [0.05, 0.1) is 6.10 Å². The van der Waals surface area contributed by atoms with Crippen LogP contribution in [0.3, 0.4) is 0 Å². The Balaban J connectivity index is 1.64. The van der Waals surface area contributed by atoms with E-state index in [1.54, 1.807) is 0 Å². The molecule has 3 atom stereocenters. The molecule has 0 aromatic carbocycles. The molecule has 2 fully saturated rings. The predicted octanol–water partition coefficient (Wildman–Crippen LogP) is 2.82. The Morgan fingerprint density at radius 1 is 1.38 bits per heavy atom. The largest absolute Gasteiger partial charge is 0.378 e. The SMILES string of the molecule is CCCC1CC(NCC2CCCS2)CCO1. The molecule has 16 heavy (non-hydrogen) atoms. The lowest BCUT2D eigenvalue weighted by molar-refractivity contribution is -0.00303. The van der Waals surface area contributed by atoms with Crippen LogP contribution in [0, 0.1) is 0 Å². The van der Waals surface area contributed by atoms with Crippen molar-refractivity contribution in [3.05, 3.63) is 0 Å². The first-order chi connectivity index (χ1) is 7.88. The first-order valence-electron chi connectivity index (χ1n) is 6.85. The van der Waals surface area contributed by atoms with E-state index in [-0.39, 0.29) is 0 Å². The molecule has 1 N–H and O–H groups in total. The molecule has 0 bridgehead atoms. The van der Waals surface area contributed by atoms with E-state index in [2.05, 4.69) is 24.0 Å². The second-order valence-corrected chi connectivity index (χ2v) is 6.45. The van der Waals surface area contributed by atoms with Crippen molar-refractivity contribution in [2.75, 3.05) is 18.9 Å². The molecule has 2 aliphatic heterocycles. The molecule has 3 unspecified atom stereocenters. The molecule has 2 nitrogen and oxygen atoms in total. The fraction of sp³-hybridized carbons (Fsp3) is 1.00. The third kappa shape index (κ3) is 3.94. The van der Waals surface area contributed by atoms with E-state index >= 15 is 0 Å². The highest BCUT2D eigenvalue weighted by molar-refractivity contribution is 8.00. The summed E-state index contributed by atoms with van der Waals surface area (Å²) in [5.41, 5.74) is 0. The van der Waals surface area contributed by atoms with E-state index in [0.717, 1.165) is 11.9 Å². The van der Waals surface area contributed by atoms with Crippen LogP contribution in [-0.4, -0.2) is 36.3 Å². The van der Waals surface area contributed by atoms with Crippen molar-refractivity contribution < 1.29 is 4.74 Å². The first-order valence-corrected chi connectivity index (χ1v) is 7.90.